The molecule has 0 saturated carbocycles. The van der Waals surface area contributed by atoms with Gasteiger partial charge in [0.25, 0.3) is 5.56 Å². The zero-order valence-corrected chi connectivity index (χ0v) is 13.0. The van der Waals surface area contributed by atoms with Gasteiger partial charge < -0.3 is 10.3 Å². The van der Waals surface area contributed by atoms with E-state index in [-0.39, 0.29) is 17.2 Å². The van der Waals surface area contributed by atoms with Crippen molar-refractivity contribution in [3.05, 3.63) is 51.4 Å². The van der Waals surface area contributed by atoms with E-state index in [1.807, 2.05) is 32.0 Å². The predicted molar refractivity (Wildman–Crippen MR) is 84.9 cm³/mol. The standard InChI is InChI=1S/C15H17N3O2S/c1-9-4-10(2)6-12(5-9)17-14(20)8-21-15-16-11(3)7-13(19)18-15/h4-7H,8H2,1-3H3,(H,17,20)(H,16,18,19). The fourth-order valence-corrected chi connectivity index (χ4v) is 2.72. The molecule has 0 aliphatic rings. The lowest BCUT2D eigenvalue weighted by Gasteiger charge is -2.07. The number of aryl methyl sites for hydroxylation is 3. The van der Waals surface area contributed by atoms with Crippen LogP contribution in [0.15, 0.2) is 34.2 Å². The van der Waals surface area contributed by atoms with Gasteiger partial charge in [-0.25, -0.2) is 4.98 Å². The molecule has 0 atom stereocenters. The largest absolute Gasteiger partial charge is 0.325 e. The lowest BCUT2D eigenvalue weighted by atomic mass is 10.1. The van der Waals surface area contributed by atoms with Crippen LogP contribution in [0.3, 0.4) is 0 Å². The molecule has 1 heterocycles. The van der Waals surface area contributed by atoms with E-state index in [4.69, 9.17) is 0 Å². The maximum absolute atomic E-state index is 11.9. The van der Waals surface area contributed by atoms with Crippen LogP contribution in [-0.2, 0) is 4.79 Å². The molecular formula is C15H17N3O2S. The van der Waals surface area contributed by atoms with Gasteiger partial charge in [0.05, 0.1) is 5.75 Å². The summed E-state index contributed by atoms with van der Waals surface area (Å²) in [5, 5.41) is 3.30. The predicted octanol–water partition coefficient (Wildman–Crippen LogP) is 2.43. The number of carbonyl (C=O) groups excluding carboxylic acids is 1. The summed E-state index contributed by atoms with van der Waals surface area (Å²) in [7, 11) is 0. The van der Waals surface area contributed by atoms with Crippen LogP contribution in [0.1, 0.15) is 16.8 Å². The number of hydrogen-bond acceptors (Lipinski definition) is 4. The van der Waals surface area contributed by atoms with Gasteiger partial charge in [0, 0.05) is 17.4 Å². The Balaban J connectivity index is 1.97. The second kappa shape index (κ2) is 6.58. The molecule has 0 fully saturated rings. The van der Waals surface area contributed by atoms with Gasteiger partial charge in [0.15, 0.2) is 5.16 Å². The number of amides is 1. The number of hydrogen-bond donors (Lipinski definition) is 2. The van der Waals surface area contributed by atoms with Crippen LogP contribution in [-0.4, -0.2) is 21.6 Å². The molecule has 0 aliphatic carbocycles. The summed E-state index contributed by atoms with van der Waals surface area (Å²) in [6.07, 6.45) is 0. The summed E-state index contributed by atoms with van der Waals surface area (Å²) in [6.45, 7) is 5.71. The first-order chi connectivity index (χ1) is 9.92. The van der Waals surface area contributed by atoms with Crippen molar-refractivity contribution in [1.29, 1.82) is 0 Å². The molecule has 1 amide bonds. The molecule has 6 heteroatoms. The highest BCUT2D eigenvalue weighted by atomic mass is 32.2. The van der Waals surface area contributed by atoms with Crippen molar-refractivity contribution in [2.75, 3.05) is 11.1 Å². The van der Waals surface area contributed by atoms with Crippen LogP contribution >= 0.6 is 11.8 Å². The fourth-order valence-electron chi connectivity index (χ4n) is 2.00. The molecule has 0 radical (unpaired) electrons. The average molecular weight is 303 g/mol. The summed E-state index contributed by atoms with van der Waals surface area (Å²) in [5.41, 5.74) is 3.41. The molecule has 2 rings (SSSR count). The Kier molecular flexibility index (Phi) is 4.80. The minimum Gasteiger partial charge on any atom is -0.325 e. The summed E-state index contributed by atoms with van der Waals surface area (Å²) in [5.74, 6) is 0.0634. The van der Waals surface area contributed by atoms with Crippen LogP contribution in [0.4, 0.5) is 5.69 Å². The fraction of sp³-hybridized carbons (Fsp3) is 0.267. The van der Waals surface area contributed by atoms with Crippen molar-refractivity contribution < 1.29 is 4.79 Å². The van der Waals surface area contributed by atoms with Gasteiger partial charge in [0.2, 0.25) is 5.91 Å². The Bertz CT molecular complexity index is 705. The van der Waals surface area contributed by atoms with E-state index < -0.39 is 0 Å². The lowest BCUT2D eigenvalue weighted by Crippen LogP contribution is -2.15. The second-order valence-electron chi connectivity index (χ2n) is 4.91. The first-order valence-corrected chi connectivity index (χ1v) is 7.50. The van der Waals surface area contributed by atoms with E-state index >= 15 is 0 Å². The summed E-state index contributed by atoms with van der Waals surface area (Å²) in [6, 6.07) is 7.30. The molecule has 2 N–H and O–H groups in total. The number of carbonyl (C=O) groups is 1. The van der Waals surface area contributed by atoms with E-state index in [1.165, 1.54) is 17.8 Å². The first-order valence-electron chi connectivity index (χ1n) is 6.51. The highest BCUT2D eigenvalue weighted by Gasteiger charge is 2.06. The zero-order valence-electron chi connectivity index (χ0n) is 12.2. The summed E-state index contributed by atoms with van der Waals surface area (Å²) < 4.78 is 0. The van der Waals surface area contributed by atoms with Gasteiger partial charge in [-0.2, -0.15) is 0 Å². The van der Waals surface area contributed by atoms with Crippen molar-refractivity contribution in [2.24, 2.45) is 0 Å². The Labute approximate surface area is 127 Å². The molecular weight excluding hydrogens is 286 g/mol. The third-order valence-electron chi connectivity index (χ3n) is 2.69. The topological polar surface area (TPSA) is 74.8 Å². The lowest BCUT2D eigenvalue weighted by molar-refractivity contribution is -0.113. The molecule has 1 aromatic heterocycles. The van der Waals surface area contributed by atoms with Gasteiger partial charge >= 0.3 is 0 Å². The molecule has 2 aromatic rings. The van der Waals surface area contributed by atoms with Crippen LogP contribution in [0.25, 0.3) is 0 Å². The summed E-state index contributed by atoms with van der Waals surface area (Å²) in [4.78, 5) is 30.0. The molecule has 0 unspecified atom stereocenters. The number of aromatic amines is 1. The van der Waals surface area contributed by atoms with Crippen LogP contribution in [0.5, 0.6) is 0 Å². The Hall–Kier alpha value is -2.08. The number of anilines is 1. The first kappa shape index (κ1) is 15.3. The van der Waals surface area contributed by atoms with E-state index in [9.17, 15) is 9.59 Å². The van der Waals surface area contributed by atoms with Crippen molar-refractivity contribution in [1.82, 2.24) is 9.97 Å². The molecule has 0 spiro atoms. The second-order valence-corrected chi connectivity index (χ2v) is 5.87. The molecule has 0 bridgehead atoms. The molecule has 110 valence electrons. The maximum atomic E-state index is 11.9. The number of thioether (sulfide) groups is 1. The van der Waals surface area contributed by atoms with Gasteiger partial charge in [0.1, 0.15) is 0 Å². The van der Waals surface area contributed by atoms with Crippen LogP contribution < -0.4 is 10.9 Å². The van der Waals surface area contributed by atoms with Gasteiger partial charge in [-0.15, -0.1) is 0 Å². The van der Waals surface area contributed by atoms with Crippen molar-refractivity contribution in [3.63, 3.8) is 0 Å². The van der Waals surface area contributed by atoms with Crippen molar-refractivity contribution >= 4 is 23.4 Å². The minimum atomic E-state index is -0.209. The minimum absolute atomic E-state index is 0.130. The van der Waals surface area contributed by atoms with Gasteiger partial charge in [-0.05, 0) is 44.0 Å². The monoisotopic (exact) mass is 303 g/mol. The number of aromatic nitrogens is 2. The van der Waals surface area contributed by atoms with Gasteiger partial charge in [-0.3, -0.25) is 9.59 Å². The molecule has 0 aliphatic heterocycles. The Morgan fingerprint density at radius 1 is 1.19 bits per heavy atom. The highest BCUT2D eigenvalue weighted by molar-refractivity contribution is 7.99. The number of benzene rings is 1. The maximum Gasteiger partial charge on any atom is 0.251 e. The van der Waals surface area contributed by atoms with E-state index in [2.05, 4.69) is 15.3 Å². The quantitative estimate of drug-likeness (QED) is 0.672. The Morgan fingerprint density at radius 2 is 1.86 bits per heavy atom. The highest BCUT2D eigenvalue weighted by Crippen LogP contribution is 2.15. The third kappa shape index (κ3) is 4.75. The van der Waals surface area contributed by atoms with Crippen molar-refractivity contribution in [3.8, 4) is 0 Å². The molecule has 5 nitrogen and oxygen atoms in total. The molecule has 0 saturated heterocycles. The van der Waals surface area contributed by atoms with Gasteiger partial charge in [-0.1, -0.05) is 17.8 Å². The third-order valence-corrected chi connectivity index (χ3v) is 3.57. The number of rotatable bonds is 4. The zero-order chi connectivity index (χ0) is 15.4. The van der Waals surface area contributed by atoms with E-state index in [0.29, 0.717) is 10.9 Å². The molecule has 21 heavy (non-hydrogen) atoms. The number of H-pyrrole nitrogens is 1. The van der Waals surface area contributed by atoms with E-state index in [0.717, 1.165) is 16.8 Å². The summed E-state index contributed by atoms with van der Waals surface area (Å²) >= 11 is 1.21. The smallest absolute Gasteiger partial charge is 0.251 e. The van der Waals surface area contributed by atoms with Crippen LogP contribution in [0.2, 0.25) is 0 Å². The normalized spacial score (nSPS) is 10.4. The number of nitrogens with zero attached hydrogens (tertiary/aromatic N) is 1. The number of nitrogens with one attached hydrogen (secondary N) is 2. The van der Waals surface area contributed by atoms with Crippen LogP contribution in [0, 0.1) is 20.8 Å². The SMILES string of the molecule is Cc1cc(C)cc(NC(=O)CSc2nc(C)cc(=O)[nH]2)c1. The average Bonchev–Trinajstić information content (AvgIpc) is 2.34. The van der Waals surface area contributed by atoms with E-state index in [1.54, 1.807) is 6.92 Å². The van der Waals surface area contributed by atoms with Crippen molar-refractivity contribution in [2.45, 2.75) is 25.9 Å². The molecule has 1 aromatic carbocycles. The Morgan fingerprint density at radius 3 is 2.48 bits per heavy atom.